The minimum atomic E-state index is -0.557. The van der Waals surface area contributed by atoms with Gasteiger partial charge in [0, 0.05) is 35.7 Å². The number of carbonyl (C=O) groups is 1. The maximum Gasteiger partial charge on any atom is 0.269 e. The third-order valence-corrected chi connectivity index (χ3v) is 5.20. The average molecular weight is 377 g/mol. The molecule has 2 aromatic heterocycles. The molecule has 2 aliphatic rings. The van der Waals surface area contributed by atoms with Crippen molar-refractivity contribution in [2.45, 2.75) is 24.8 Å². The number of anilines is 1. The first-order valence-corrected chi connectivity index (χ1v) is 8.82. The number of allylic oxidation sites excluding steroid dienone is 2. The molecule has 0 saturated heterocycles. The molecule has 1 aliphatic carbocycles. The molecule has 0 bridgehead atoms. The van der Waals surface area contributed by atoms with E-state index in [1.165, 1.54) is 18.5 Å². The van der Waals surface area contributed by atoms with Gasteiger partial charge in [-0.25, -0.2) is 4.68 Å². The molecule has 28 heavy (non-hydrogen) atoms. The lowest BCUT2D eigenvalue weighted by molar-refractivity contribution is -0.384. The molecule has 3 aromatic rings. The smallest absolute Gasteiger partial charge is 0.269 e. The van der Waals surface area contributed by atoms with E-state index in [0.29, 0.717) is 29.9 Å². The van der Waals surface area contributed by atoms with Gasteiger partial charge in [-0.05, 0) is 24.1 Å². The maximum atomic E-state index is 13.1. The second-order valence-electron chi connectivity index (χ2n) is 6.84. The van der Waals surface area contributed by atoms with Crippen LogP contribution < -0.4 is 5.32 Å². The lowest BCUT2D eigenvalue weighted by Crippen LogP contribution is -2.33. The van der Waals surface area contributed by atoms with Crippen molar-refractivity contribution < 1.29 is 14.1 Å². The molecule has 0 radical (unpaired) electrons. The number of nitro benzene ring substituents is 1. The van der Waals surface area contributed by atoms with Crippen molar-refractivity contribution in [2.75, 3.05) is 5.32 Å². The molecule has 0 spiro atoms. The Morgan fingerprint density at radius 2 is 2.14 bits per heavy atom. The molecule has 0 amide bonds. The van der Waals surface area contributed by atoms with Gasteiger partial charge in [0.05, 0.1) is 11.2 Å². The van der Waals surface area contributed by atoms with Crippen molar-refractivity contribution in [2.24, 2.45) is 0 Å². The highest BCUT2D eigenvalue weighted by atomic mass is 16.6. The maximum absolute atomic E-state index is 13.1. The van der Waals surface area contributed by atoms with Crippen LogP contribution in [-0.2, 0) is 4.79 Å². The number of fused-ring (bicyclic) bond motifs is 1. The van der Waals surface area contributed by atoms with Gasteiger partial charge in [0.15, 0.2) is 5.78 Å². The first-order chi connectivity index (χ1) is 13.6. The summed E-state index contributed by atoms with van der Waals surface area (Å²) in [5.74, 6) is 1.17. The number of furan rings is 1. The van der Waals surface area contributed by atoms with Gasteiger partial charge < -0.3 is 9.73 Å². The van der Waals surface area contributed by atoms with Crippen molar-refractivity contribution >= 4 is 17.4 Å². The van der Waals surface area contributed by atoms with E-state index in [1.54, 1.807) is 29.1 Å². The van der Waals surface area contributed by atoms with Crippen LogP contribution in [-0.4, -0.2) is 25.5 Å². The molecule has 0 fully saturated rings. The Balaban J connectivity index is 1.63. The summed E-state index contributed by atoms with van der Waals surface area (Å²) in [6.45, 7) is 0. The van der Waals surface area contributed by atoms with E-state index in [4.69, 9.17) is 4.42 Å². The van der Waals surface area contributed by atoms with Crippen molar-refractivity contribution in [1.82, 2.24) is 14.8 Å². The lowest BCUT2D eigenvalue weighted by atomic mass is 9.79. The highest BCUT2D eigenvalue weighted by molar-refractivity contribution is 6.00. The molecule has 9 nitrogen and oxygen atoms in total. The van der Waals surface area contributed by atoms with Crippen molar-refractivity contribution in [3.05, 3.63) is 81.7 Å². The molecule has 5 rings (SSSR count). The van der Waals surface area contributed by atoms with Crippen LogP contribution in [0, 0.1) is 10.1 Å². The van der Waals surface area contributed by atoms with Crippen LogP contribution in [0.5, 0.6) is 0 Å². The normalized spacial score (nSPS) is 21.1. The van der Waals surface area contributed by atoms with Crippen molar-refractivity contribution in [1.29, 1.82) is 0 Å². The fraction of sp³-hybridized carbons (Fsp3) is 0.211. The predicted octanol–water partition coefficient (Wildman–Crippen LogP) is 3.20. The molecule has 0 unspecified atom stereocenters. The summed E-state index contributed by atoms with van der Waals surface area (Å²) in [4.78, 5) is 28.1. The monoisotopic (exact) mass is 377 g/mol. The molecule has 0 saturated carbocycles. The van der Waals surface area contributed by atoms with E-state index in [9.17, 15) is 14.9 Å². The first kappa shape index (κ1) is 16.4. The number of nitro groups is 1. The summed E-state index contributed by atoms with van der Waals surface area (Å²) in [7, 11) is 0. The van der Waals surface area contributed by atoms with Gasteiger partial charge in [0.1, 0.15) is 18.1 Å². The highest BCUT2D eigenvalue weighted by Gasteiger charge is 2.40. The minimum Gasteiger partial charge on any atom is -0.469 e. The molecular weight excluding hydrogens is 362 g/mol. The van der Waals surface area contributed by atoms with Gasteiger partial charge in [-0.15, -0.1) is 0 Å². The zero-order valence-electron chi connectivity index (χ0n) is 14.6. The van der Waals surface area contributed by atoms with Crippen LogP contribution in [0.15, 0.2) is 64.7 Å². The Kier molecular flexibility index (Phi) is 3.61. The standard InChI is InChI=1S/C19H15N5O4/c25-15-9-12(16-5-2-6-28-16)8-14-17(15)18(23-19(22-14)20-10-21-23)11-3-1-4-13(7-11)24(26)27/h1-7,10,12,18H,8-9H2,(H,20,21,22)/t12-,18+/m1/s1. The van der Waals surface area contributed by atoms with Gasteiger partial charge in [-0.3, -0.25) is 14.9 Å². The number of nitrogens with zero attached hydrogens (tertiary/aromatic N) is 4. The Hall–Kier alpha value is -3.75. The summed E-state index contributed by atoms with van der Waals surface area (Å²) >= 11 is 0. The largest absolute Gasteiger partial charge is 0.469 e. The Morgan fingerprint density at radius 3 is 2.93 bits per heavy atom. The first-order valence-electron chi connectivity index (χ1n) is 8.82. The van der Waals surface area contributed by atoms with Crippen LogP contribution in [0.2, 0.25) is 0 Å². The Morgan fingerprint density at radius 1 is 1.25 bits per heavy atom. The molecule has 1 aromatic carbocycles. The quantitative estimate of drug-likeness (QED) is 0.550. The third-order valence-electron chi connectivity index (χ3n) is 5.20. The van der Waals surface area contributed by atoms with Gasteiger partial charge in [-0.1, -0.05) is 12.1 Å². The van der Waals surface area contributed by atoms with E-state index in [1.807, 2.05) is 6.07 Å². The second kappa shape index (κ2) is 6.15. The topological polar surface area (TPSA) is 116 Å². The third kappa shape index (κ3) is 2.51. The van der Waals surface area contributed by atoms with Gasteiger partial charge in [-0.2, -0.15) is 10.1 Å². The summed E-state index contributed by atoms with van der Waals surface area (Å²) in [5, 5.41) is 18.7. The number of non-ortho nitro benzene ring substituents is 1. The summed E-state index contributed by atoms with van der Waals surface area (Å²) in [5.41, 5.74) is 1.92. The molecule has 3 heterocycles. The fourth-order valence-electron chi connectivity index (χ4n) is 3.99. The molecule has 1 aliphatic heterocycles. The van der Waals surface area contributed by atoms with E-state index in [-0.39, 0.29) is 17.4 Å². The van der Waals surface area contributed by atoms with Crippen molar-refractivity contribution in [3.63, 3.8) is 0 Å². The van der Waals surface area contributed by atoms with E-state index in [2.05, 4.69) is 15.4 Å². The zero-order chi connectivity index (χ0) is 19.3. The fourth-order valence-corrected chi connectivity index (χ4v) is 3.99. The number of aromatic nitrogens is 3. The van der Waals surface area contributed by atoms with Crippen LogP contribution in [0.4, 0.5) is 11.6 Å². The van der Waals surface area contributed by atoms with Gasteiger partial charge in [0.25, 0.3) is 5.69 Å². The molecule has 2 atom stereocenters. The van der Waals surface area contributed by atoms with Gasteiger partial charge in [0.2, 0.25) is 5.95 Å². The summed E-state index contributed by atoms with van der Waals surface area (Å²) in [6.07, 6.45) is 3.90. The number of nitrogens with one attached hydrogen (secondary N) is 1. The number of hydrogen-bond donors (Lipinski definition) is 1. The molecule has 9 heteroatoms. The number of hydrogen-bond acceptors (Lipinski definition) is 7. The summed E-state index contributed by atoms with van der Waals surface area (Å²) in [6, 6.07) is 9.41. The number of Topliss-reactive ketones (excluding diaryl/α,β-unsaturated/α-hetero) is 1. The second-order valence-corrected chi connectivity index (χ2v) is 6.84. The van der Waals surface area contributed by atoms with Crippen molar-refractivity contribution in [3.8, 4) is 0 Å². The van der Waals surface area contributed by atoms with E-state index in [0.717, 1.165) is 11.5 Å². The Labute approximate surface area is 158 Å². The number of rotatable bonds is 3. The van der Waals surface area contributed by atoms with Crippen LogP contribution in [0.25, 0.3) is 0 Å². The average Bonchev–Trinajstić information content (AvgIpc) is 3.38. The SMILES string of the molecule is O=C1C[C@H](c2ccco2)CC2=C1[C@H](c1cccc([N+](=O)[O-])c1)n1ncnc1N2. The van der Waals surface area contributed by atoms with E-state index >= 15 is 0 Å². The van der Waals surface area contributed by atoms with Crippen LogP contribution in [0.1, 0.15) is 36.1 Å². The molecule has 1 N–H and O–H groups in total. The number of carbonyl (C=O) groups excluding carboxylic acids is 1. The molecular formula is C19H15N5O4. The zero-order valence-corrected chi connectivity index (χ0v) is 14.6. The minimum absolute atomic E-state index is 0.0310. The number of ketones is 1. The Bertz CT molecular complexity index is 1120. The highest BCUT2D eigenvalue weighted by Crippen LogP contribution is 2.44. The van der Waals surface area contributed by atoms with Crippen LogP contribution in [0.3, 0.4) is 0 Å². The number of benzene rings is 1. The predicted molar refractivity (Wildman–Crippen MR) is 97.6 cm³/mol. The van der Waals surface area contributed by atoms with Crippen LogP contribution >= 0.6 is 0 Å². The van der Waals surface area contributed by atoms with E-state index < -0.39 is 11.0 Å². The summed E-state index contributed by atoms with van der Waals surface area (Å²) < 4.78 is 7.10. The molecule has 140 valence electrons. The van der Waals surface area contributed by atoms with Gasteiger partial charge >= 0.3 is 0 Å². The lowest BCUT2D eigenvalue weighted by Gasteiger charge is -2.34.